The maximum absolute atomic E-state index is 13.5. The first-order chi connectivity index (χ1) is 16.0. The van der Waals surface area contributed by atoms with E-state index in [1.807, 2.05) is 0 Å². The van der Waals surface area contributed by atoms with Crippen molar-refractivity contribution in [3.8, 4) is 22.4 Å². The minimum Gasteiger partial charge on any atom is -0.356 e. The third-order valence-corrected chi connectivity index (χ3v) is 5.68. The van der Waals surface area contributed by atoms with Crippen LogP contribution in [0.5, 0.6) is 0 Å². The molecule has 3 aromatic rings. The Labute approximate surface area is 196 Å². The molecule has 180 valence electrons. The lowest BCUT2D eigenvalue weighted by Gasteiger charge is -2.25. The number of benzene rings is 1. The van der Waals surface area contributed by atoms with Crippen molar-refractivity contribution in [2.45, 2.75) is 52.4 Å². The van der Waals surface area contributed by atoms with Crippen LogP contribution in [0.25, 0.3) is 22.4 Å². The van der Waals surface area contributed by atoms with Crippen molar-refractivity contribution in [1.29, 1.82) is 0 Å². The highest BCUT2D eigenvalue weighted by Crippen LogP contribution is 2.39. The van der Waals surface area contributed by atoms with Crippen LogP contribution in [0.15, 0.2) is 48.8 Å². The fourth-order valence-electron chi connectivity index (χ4n) is 3.81. The lowest BCUT2D eigenvalue weighted by atomic mass is 9.95. The molecule has 1 saturated heterocycles. The van der Waals surface area contributed by atoms with E-state index < -0.39 is 17.2 Å². The molecule has 1 aromatic carbocycles. The lowest BCUT2D eigenvalue weighted by Crippen LogP contribution is -2.28. The summed E-state index contributed by atoms with van der Waals surface area (Å²) in [7, 11) is 0. The molecule has 1 atom stereocenters. The standard InChI is InChI=1S/C25H27F3N4O2/c1-24(2,3)23(33)31-20-14-16(10-11-29-20)19-15-30-32(21-9-4-5-12-34-21)22(19)17-7-6-8-18(13-17)25(26,27)28/h6-8,10-11,13-15,21H,4-5,9,12H2,1-3H3,(H,29,31,33). The summed E-state index contributed by atoms with van der Waals surface area (Å²) in [6, 6.07) is 8.65. The van der Waals surface area contributed by atoms with Crippen LogP contribution in [0.2, 0.25) is 0 Å². The number of carbonyl (C=O) groups excluding carboxylic acids is 1. The van der Waals surface area contributed by atoms with E-state index in [0.717, 1.165) is 31.4 Å². The molecule has 2 aromatic heterocycles. The summed E-state index contributed by atoms with van der Waals surface area (Å²) in [6.45, 7) is 5.96. The van der Waals surface area contributed by atoms with Gasteiger partial charge in [0.25, 0.3) is 0 Å². The molecule has 0 radical (unpaired) electrons. The van der Waals surface area contributed by atoms with Gasteiger partial charge < -0.3 is 10.1 Å². The van der Waals surface area contributed by atoms with E-state index in [2.05, 4.69) is 15.4 Å². The predicted octanol–water partition coefficient (Wildman–Crippen LogP) is 6.31. The molecule has 0 saturated carbocycles. The van der Waals surface area contributed by atoms with Crippen LogP contribution in [0, 0.1) is 5.41 Å². The van der Waals surface area contributed by atoms with Crippen LogP contribution in [0.1, 0.15) is 51.8 Å². The summed E-state index contributed by atoms with van der Waals surface area (Å²) in [4.78, 5) is 16.7. The van der Waals surface area contributed by atoms with Gasteiger partial charge in [-0.15, -0.1) is 0 Å². The summed E-state index contributed by atoms with van der Waals surface area (Å²) in [5.74, 6) is 0.163. The average Bonchev–Trinajstić information content (AvgIpc) is 3.24. The Kier molecular flexibility index (Phi) is 6.49. The molecule has 0 bridgehead atoms. The number of amides is 1. The number of hydrogen-bond acceptors (Lipinski definition) is 4. The van der Waals surface area contributed by atoms with Crippen LogP contribution in [0.3, 0.4) is 0 Å². The molecular formula is C25H27F3N4O2. The Hall–Kier alpha value is -3.20. The summed E-state index contributed by atoms with van der Waals surface area (Å²) in [5, 5.41) is 7.32. The molecule has 1 aliphatic heterocycles. The molecule has 1 aliphatic rings. The largest absolute Gasteiger partial charge is 0.416 e. The number of rotatable bonds is 4. The summed E-state index contributed by atoms with van der Waals surface area (Å²) in [5.41, 5.74) is 0.868. The molecule has 34 heavy (non-hydrogen) atoms. The molecule has 0 spiro atoms. The van der Waals surface area contributed by atoms with Gasteiger partial charge in [-0.1, -0.05) is 32.9 Å². The van der Waals surface area contributed by atoms with Crippen LogP contribution >= 0.6 is 0 Å². The second-order valence-electron chi connectivity index (χ2n) is 9.39. The van der Waals surface area contributed by atoms with Gasteiger partial charge in [-0.05, 0) is 49.1 Å². The van der Waals surface area contributed by atoms with E-state index in [9.17, 15) is 18.0 Å². The molecule has 9 heteroatoms. The van der Waals surface area contributed by atoms with Crippen LogP contribution < -0.4 is 5.32 Å². The Morgan fingerprint density at radius 1 is 1.12 bits per heavy atom. The number of hydrogen-bond donors (Lipinski definition) is 1. The highest BCUT2D eigenvalue weighted by molar-refractivity contribution is 5.94. The van der Waals surface area contributed by atoms with Gasteiger partial charge in [0, 0.05) is 29.3 Å². The smallest absolute Gasteiger partial charge is 0.356 e. The lowest BCUT2D eigenvalue weighted by molar-refractivity contribution is -0.137. The molecule has 1 unspecified atom stereocenters. The monoisotopic (exact) mass is 472 g/mol. The maximum atomic E-state index is 13.5. The Morgan fingerprint density at radius 2 is 1.91 bits per heavy atom. The van der Waals surface area contributed by atoms with E-state index in [0.29, 0.717) is 34.8 Å². The minimum atomic E-state index is -4.47. The van der Waals surface area contributed by atoms with Crippen LogP contribution in [0.4, 0.5) is 19.0 Å². The maximum Gasteiger partial charge on any atom is 0.416 e. The average molecular weight is 473 g/mol. The SMILES string of the molecule is CC(C)(C)C(=O)Nc1cc(-c2cnn(C3CCCCO3)c2-c2cccc(C(F)(F)F)c2)ccn1. The van der Waals surface area contributed by atoms with Crippen molar-refractivity contribution >= 4 is 11.7 Å². The number of aromatic nitrogens is 3. The summed E-state index contributed by atoms with van der Waals surface area (Å²) < 4.78 is 47.9. The van der Waals surface area contributed by atoms with Crippen molar-refractivity contribution in [1.82, 2.24) is 14.8 Å². The quantitative estimate of drug-likeness (QED) is 0.483. The van der Waals surface area contributed by atoms with Crippen LogP contribution in [-0.4, -0.2) is 27.3 Å². The van der Waals surface area contributed by atoms with E-state index in [1.165, 1.54) is 6.07 Å². The van der Waals surface area contributed by atoms with Crippen molar-refractivity contribution in [3.05, 3.63) is 54.4 Å². The van der Waals surface area contributed by atoms with E-state index in [4.69, 9.17) is 4.74 Å². The number of alkyl halides is 3. The van der Waals surface area contributed by atoms with Gasteiger partial charge in [-0.2, -0.15) is 18.3 Å². The minimum absolute atomic E-state index is 0.193. The fourth-order valence-corrected chi connectivity index (χ4v) is 3.81. The topological polar surface area (TPSA) is 69.0 Å². The fraction of sp³-hybridized carbons (Fsp3) is 0.400. The number of anilines is 1. The third-order valence-electron chi connectivity index (χ3n) is 5.68. The molecule has 3 heterocycles. The van der Waals surface area contributed by atoms with Gasteiger partial charge >= 0.3 is 6.18 Å². The molecular weight excluding hydrogens is 445 g/mol. The second-order valence-corrected chi connectivity index (χ2v) is 9.39. The number of ether oxygens (including phenoxy) is 1. The number of halogens is 3. The molecule has 1 N–H and O–H groups in total. The first-order valence-electron chi connectivity index (χ1n) is 11.2. The number of pyridine rings is 1. The zero-order valence-corrected chi connectivity index (χ0v) is 19.3. The Bertz CT molecular complexity index is 1180. The van der Waals surface area contributed by atoms with Gasteiger partial charge in [-0.3, -0.25) is 4.79 Å². The molecule has 4 rings (SSSR count). The third kappa shape index (κ3) is 5.14. The number of carbonyl (C=O) groups is 1. The second kappa shape index (κ2) is 9.21. The number of nitrogens with one attached hydrogen (secondary N) is 1. The van der Waals surface area contributed by atoms with E-state index >= 15 is 0 Å². The zero-order valence-electron chi connectivity index (χ0n) is 19.3. The highest BCUT2D eigenvalue weighted by atomic mass is 19.4. The first kappa shape index (κ1) is 23.9. The van der Waals surface area contributed by atoms with E-state index in [1.54, 1.807) is 56.0 Å². The van der Waals surface area contributed by atoms with Gasteiger partial charge in [-0.25, -0.2) is 9.67 Å². The summed E-state index contributed by atoms with van der Waals surface area (Å²) in [6.07, 6.45) is 0.940. The van der Waals surface area contributed by atoms with Crippen molar-refractivity contribution < 1.29 is 22.7 Å². The molecule has 1 fully saturated rings. The highest BCUT2D eigenvalue weighted by Gasteiger charge is 2.32. The van der Waals surface area contributed by atoms with Crippen molar-refractivity contribution in [3.63, 3.8) is 0 Å². The van der Waals surface area contributed by atoms with Gasteiger partial charge in [0.2, 0.25) is 5.91 Å². The Morgan fingerprint density at radius 3 is 2.59 bits per heavy atom. The summed E-state index contributed by atoms with van der Waals surface area (Å²) >= 11 is 0. The van der Waals surface area contributed by atoms with Crippen LogP contribution in [-0.2, 0) is 15.7 Å². The number of nitrogens with zero attached hydrogens (tertiary/aromatic N) is 3. The van der Waals surface area contributed by atoms with Gasteiger partial charge in [0.15, 0.2) is 6.23 Å². The Balaban J connectivity index is 1.81. The van der Waals surface area contributed by atoms with E-state index in [-0.39, 0.29) is 12.1 Å². The molecule has 6 nitrogen and oxygen atoms in total. The molecule has 1 amide bonds. The van der Waals surface area contributed by atoms with Gasteiger partial charge in [0.05, 0.1) is 17.5 Å². The molecule has 0 aliphatic carbocycles. The van der Waals surface area contributed by atoms with Crippen molar-refractivity contribution in [2.24, 2.45) is 5.41 Å². The predicted molar refractivity (Wildman–Crippen MR) is 123 cm³/mol. The first-order valence-corrected chi connectivity index (χ1v) is 11.2. The zero-order chi connectivity index (χ0) is 24.5. The normalized spacial score (nSPS) is 16.9. The van der Waals surface area contributed by atoms with Gasteiger partial charge in [0.1, 0.15) is 5.82 Å². The van der Waals surface area contributed by atoms with Crippen molar-refractivity contribution in [2.75, 3.05) is 11.9 Å².